The molecule has 5 heteroatoms. The Labute approximate surface area is 155 Å². The first-order valence-electron chi connectivity index (χ1n) is 8.40. The van der Waals surface area contributed by atoms with Crippen LogP contribution in [-0.2, 0) is 16.1 Å². The van der Waals surface area contributed by atoms with E-state index in [9.17, 15) is 4.79 Å². The fraction of sp³-hybridized carbons (Fsp3) is 0.350. The number of benzene rings is 2. The second-order valence-corrected chi connectivity index (χ2v) is 6.36. The van der Waals surface area contributed by atoms with Gasteiger partial charge in [0.15, 0.2) is 0 Å². The predicted molar refractivity (Wildman–Crippen MR) is 102 cm³/mol. The molecule has 2 N–H and O–H groups in total. The zero-order valence-electron chi connectivity index (χ0n) is 14.4. The minimum absolute atomic E-state index is 0. The molecule has 3 rings (SSSR count). The summed E-state index contributed by atoms with van der Waals surface area (Å²) in [4.78, 5) is 14.5. The molecule has 1 aliphatic rings. The van der Waals surface area contributed by atoms with Crippen molar-refractivity contribution < 1.29 is 9.53 Å². The summed E-state index contributed by atoms with van der Waals surface area (Å²) in [5.74, 6) is 0.205. The summed E-state index contributed by atoms with van der Waals surface area (Å²) >= 11 is 0. The molecular formula is C20H25ClN2O2. The van der Waals surface area contributed by atoms with Crippen LogP contribution in [0.15, 0.2) is 60.7 Å². The van der Waals surface area contributed by atoms with E-state index in [-0.39, 0.29) is 30.3 Å². The SMILES string of the molecule is CC(OCc1ccccc1)C(=O)N1C[C@@H](N)[C@H](c2ccccc2)C1.Cl. The molecule has 25 heavy (non-hydrogen) atoms. The van der Waals surface area contributed by atoms with Gasteiger partial charge in [-0.2, -0.15) is 0 Å². The van der Waals surface area contributed by atoms with Gasteiger partial charge in [0.25, 0.3) is 5.91 Å². The molecule has 134 valence electrons. The van der Waals surface area contributed by atoms with Gasteiger partial charge in [0.05, 0.1) is 6.61 Å². The average Bonchev–Trinajstić information content (AvgIpc) is 3.02. The number of halogens is 1. The summed E-state index contributed by atoms with van der Waals surface area (Å²) in [7, 11) is 0. The fourth-order valence-corrected chi connectivity index (χ4v) is 3.19. The summed E-state index contributed by atoms with van der Waals surface area (Å²) in [5.41, 5.74) is 8.53. The molecule has 3 atom stereocenters. The Morgan fingerprint density at radius 2 is 1.72 bits per heavy atom. The Bertz CT molecular complexity index is 666. The third kappa shape index (κ3) is 4.82. The number of amides is 1. The number of ether oxygens (including phenoxy) is 1. The number of nitrogens with two attached hydrogens (primary N) is 1. The summed E-state index contributed by atoms with van der Waals surface area (Å²) in [6.07, 6.45) is -0.466. The van der Waals surface area contributed by atoms with Gasteiger partial charge < -0.3 is 15.4 Å². The maximum atomic E-state index is 12.6. The zero-order chi connectivity index (χ0) is 16.9. The number of hydrogen-bond acceptors (Lipinski definition) is 3. The first-order chi connectivity index (χ1) is 11.6. The Morgan fingerprint density at radius 1 is 1.12 bits per heavy atom. The highest BCUT2D eigenvalue weighted by Gasteiger charge is 2.35. The highest BCUT2D eigenvalue weighted by atomic mass is 35.5. The lowest BCUT2D eigenvalue weighted by atomic mass is 9.95. The molecule has 0 aromatic heterocycles. The Kier molecular flexibility index (Phi) is 7.00. The van der Waals surface area contributed by atoms with Crippen molar-refractivity contribution in [2.45, 2.75) is 31.6 Å². The third-order valence-electron chi connectivity index (χ3n) is 4.60. The van der Waals surface area contributed by atoms with Crippen LogP contribution >= 0.6 is 12.4 Å². The van der Waals surface area contributed by atoms with Crippen LogP contribution in [0.5, 0.6) is 0 Å². The second-order valence-electron chi connectivity index (χ2n) is 6.36. The van der Waals surface area contributed by atoms with Crippen molar-refractivity contribution in [1.82, 2.24) is 4.90 Å². The van der Waals surface area contributed by atoms with Crippen LogP contribution in [0.3, 0.4) is 0 Å². The molecule has 2 aromatic rings. The Balaban J connectivity index is 0.00000225. The van der Waals surface area contributed by atoms with Crippen molar-refractivity contribution in [3.63, 3.8) is 0 Å². The van der Waals surface area contributed by atoms with E-state index in [2.05, 4.69) is 12.1 Å². The maximum Gasteiger partial charge on any atom is 0.251 e. The van der Waals surface area contributed by atoms with Crippen molar-refractivity contribution in [2.24, 2.45) is 5.73 Å². The molecule has 1 heterocycles. The number of carbonyl (C=O) groups is 1. The van der Waals surface area contributed by atoms with E-state index in [0.29, 0.717) is 19.7 Å². The lowest BCUT2D eigenvalue weighted by molar-refractivity contribution is -0.142. The molecule has 1 unspecified atom stereocenters. The van der Waals surface area contributed by atoms with Crippen LogP contribution in [0, 0.1) is 0 Å². The third-order valence-corrected chi connectivity index (χ3v) is 4.60. The molecule has 1 amide bonds. The minimum atomic E-state index is -0.466. The van der Waals surface area contributed by atoms with Gasteiger partial charge >= 0.3 is 0 Å². The van der Waals surface area contributed by atoms with Crippen molar-refractivity contribution in [1.29, 1.82) is 0 Å². The molecule has 1 fully saturated rings. The van der Waals surface area contributed by atoms with Crippen LogP contribution < -0.4 is 5.73 Å². The molecule has 0 spiro atoms. The van der Waals surface area contributed by atoms with E-state index < -0.39 is 6.10 Å². The monoisotopic (exact) mass is 360 g/mol. The van der Waals surface area contributed by atoms with E-state index in [1.54, 1.807) is 0 Å². The van der Waals surface area contributed by atoms with Gasteiger partial charge in [0.1, 0.15) is 6.10 Å². The van der Waals surface area contributed by atoms with Crippen molar-refractivity contribution in [3.8, 4) is 0 Å². The largest absolute Gasteiger partial charge is 0.364 e. The summed E-state index contributed by atoms with van der Waals surface area (Å²) < 4.78 is 5.75. The van der Waals surface area contributed by atoms with Crippen LogP contribution in [0.4, 0.5) is 0 Å². The molecule has 1 aliphatic heterocycles. The molecule has 4 nitrogen and oxygen atoms in total. The van der Waals surface area contributed by atoms with Crippen LogP contribution in [0.2, 0.25) is 0 Å². The Hall–Kier alpha value is -1.88. The second kappa shape index (κ2) is 8.99. The first-order valence-corrected chi connectivity index (χ1v) is 8.40. The van der Waals surface area contributed by atoms with Crippen molar-refractivity contribution in [3.05, 3.63) is 71.8 Å². The van der Waals surface area contributed by atoms with Crippen molar-refractivity contribution in [2.75, 3.05) is 13.1 Å². The van der Waals surface area contributed by atoms with Crippen LogP contribution in [-0.4, -0.2) is 36.0 Å². The number of rotatable bonds is 5. The van der Waals surface area contributed by atoms with Gasteiger partial charge in [-0.15, -0.1) is 12.4 Å². The van der Waals surface area contributed by atoms with Gasteiger partial charge in [-0.05, 0) is 18.1 Å². The Morgan fingerprint density at radius 3 is 2.36 bits per heavy atom. The van der Waals surface area contributed by atoms with E-state index in [0.717, 1.165) is 5.56 Å². The van der Waals surface area contributed by atoms with E-state index in [1.165, 1.54) is 5.56 Å². The fourth-order valence-electron chi connectivity index (χ4n) is 3.19. The number of likely N-dealkylation sites (tertiary alicyclic amines) is 1. The molecule has 0 radical (unpaired) electrons. The van der Waals surface area contributed by atoms with Crippen LogP contribution in [0.25, 0.3) is 0 Å². The maximum absolute atomic E-state index is 12.6. The first kappa shape index (κ1) is 19.4. The summed E-state index contributed by atoms with van der Waals surface area (Å²) in [5, 5.41) is 0. The van der Waals surface area contributed by atoms with Crippen LogP contribution in [0.1, 0.15) is 24.0 Å². The van der Waals surface area contributed by atoms with Gasteiger partial charge in [-0.1, -0.05) is 60.7 Å². The van der Waals surface area contributed by atoms with Gasteiger partial charge in [-0.3, -0.25) is 4.79 Å². The summed E-state index contributed by atoms with van der Waals surface area (Å²) in [6.45, 7) is 3.49. The molecule has 0 bridgehead atoms. The molecule has 0 saturated carbocycles. The lowest BCUT2D eigenvalue weighted by Gasteiger charge is -2.21. The highest BCUT2D eigenvalue weighted by Crippen LogP contribution is 2.27. The topological polar surface area (TPSA) is 55.6 Å². The normalized spacial score (nSPS) is 20.8. The predicted octanol–water partition coefficient (Wildman–Crippen LogP) is 2.97. The van der Waals surface area contributed by atoms with Gasteiger partial charge in [0.2, 0.25) is 0 Å². The van der Waals surface area contributed by atoms with E-state index in [4.69, 9.17) is 10.5 Å². The number of carbonyl (C=O) groups excluding carboxylic acids is 1. The van der Waals surface area contributed by atoms with E-state index >= 15 is 0 Å². The standard InChI is InChI=1S/C20H24N2O2.ClH/c1-15(24-14-16-8-4-2-5-9-16)20(23)22-12-18(19(21)13-22)17-10-6-3-7-11-17;/h2-11,15,18-19H,12-14,21H2,1H3;1H/t15?,18-,19+;/m0./s1. The number of hydrogen-bond donors (Lipinski definition) is 1. The van der Waals surface area contributed by atoms with Gasteiger partial charge in [-0.25, -0.2) is 0 Å². The van der Waals surface area contributed by atoms with Gasteiger partial charge in [0, 0.05) is 25.0 Å². The molecule has 0 aliphatic carbocycles. The van der Waals surface area contributed by atoms with Crippen molar-refractivity contribution >= 4 is 18.3 Å². The highest BCUT2D eigenvalue weighted by molar-refractivity contribution is 5.85. The minimum Gasteiger partial charge on any atom is -0.364 e. The summed E-state index contributed by atoms with van der Waals surface area (Å²) in [6, 6.07) is 20.0. The molecule has 1 saturated heterocycles. The lowest BCUT2D eigenvalue weighted by Crippen LogP contribution is -2.39. The quantitative estimate of drug-likeness (QED) is 0.891. The number of nitrogens with zero attached hydrogens (tertiary/aromatic N) is 1. The smallest absolute Gasteiger partial charge is 0.251 e. The van der Waals surface area contributed by atoms with E-state index in [1.807, 2.05) is 60.4 Å². The molecule has 2 aromatic carbocycles. The molecular weight excluding hydrogens is 336 g/mol. The zero-order valence-corrected chi connectivity index (χ0v) is 15.2. The average molecular weight is 361 g/mol.